The molecule has 2 aromatic carbocycles. The first kappa shape index (κ1) is 31.5. The second-order valence-electron chi connectivity index (χ2n) is 10.4. The molecule has 1 aromatic heterocycles. The molecule has 3 aromatic rings. The third-order valence-electron chi connectivity index (χ3n) is 7.75. The van der Waals surface area contributed by atoms with Crippen LogP contribution in [-0.4, -0.2) is 62.9 Å². The van der Waals surface area contributed by atoms with E-state index in [1.54, 1.807) is 18.2 Å². The van der Waals surface area contributed by atoms with Crippen molar-refractivity contribution >= 4 is 32.3 Å². The maximum Gasteiger partial charge on any atom is 0.406 e. The molecule has 0 amide bonds. The highest BCUT2D eigenvalue weighted by Gasteiger charge is 2.30. The number of alkyl halides is 3. The van der Waals surface area contributed by atoms with E-state index in [0.29, 0.717) is 22.6 Å². The predicted octanol–water partition coefficient (Wildman–Crippen LogP) is 5.39. The number of anilines is 2. The second kappa shape index (κ2) is 13.3. The molecule has 0 radical (unpaired) electrons. The summed E-state index contributed by atoms with van der Waals surface area (Å²) in [6, 6.07) is 12.0. The molecule has 4 N–H and O–H groups in total. The van der Waals surface area contributed by atoms with Crippen molar-refractivity contribution in [2.45, 2.75) is 69.2 Å². The van der Waals surface area contributed by atoms with Crippen molar-refractivity contribution in [3.63, 3.8) is 0 Å². The molecule has 0 atom stereocenters. The highest BCUT2D eigenvalue weighted by atomic mass is 32.2. The summed E-state index contributed by atoms with van der Waals surface area (Å²) >= 11 is 0. The highest BCUT2D eigenvalue weighted by Crippen LogP contribution is 2.33. The number of hydrogen-bond donors (Lipinski definition) is 3. The van der Waals surface area contributed by atoms with E-state index in [2.05, 4.69) is 41.2 Å². The summed E-state index contributed by atoms with van der Waals surface area (Å²) in [5, 5.41) is 12.5. The number of nitrogens with zero attached hydrogens (tertiary/aromatic N) is 2. The van der Waals surface area contributed by atoms with Crippen LogP contribution in [0.4, 0.5) is 24.5 Å². The minimum Gasteiger partial charge on any atom is -0.495 e. The molecule has 228 valence electrons. The monoisotopic (exact) mass is 605 g/mol. The Kier molecular flexibility index (Phi) is 9.97. The Morgan fingerprint density at radius 2 is 1.79 bits per heavy atom. The normalized spacial score (nSPS) is 17.6. The van der Waals surface area contributed by atoms with Gasteiger partial charge in [-0.3, -0.25) is 0 Å². The predicted molar refractivity (Wildman–Crippen MR) is 160 cm³/mol. The summed E-state index contributed by atoms with van der Waals surface area (Å²) in [7, 11) is -2.52. The third kappa shape index (κ3) is 7.70. The van der Waals surface area contributed by atoms with Gasteiger partial charge in [0.1, 0.15) is 12.3 Å². The number of nitrogens with two attached hydrogens (primary N) is 1. The molecule has 0 unspecified atom stereocenters. The first-order valence-electron chi connectivity index (χ1n) is 14.1. The summed E-state index contributed by atoms with van der Waals surface area (Å²) in [6.07, 6.45) is -0.250. The lowest BCUT2D eigenvalue weighted by Crippen LogP contribution is -2.40. The summed E-state index contributed by atoms with van der Waals surface area (Å²) in [5.74, 6) is 6.03. The Balaban J connectivity index is 1.55. The molecule has 0 spiro atoms. The third-order valence-corrected chi connectivity index (χ3v) is 8.66. The molecule has 1 aliphatic rings. The standard InChI is InChI=1S/C30H38F3N5O3S/c1-4-37(5-2)22-13-11-21(12-14-22)36-26-9-6-10-28-25(26)18-23(38(28)20-30(31,32)33)8-7-17-35-27-16-15-24(42(34,39)40)19-29(27)41-3/h6,9-10,15-16,18-19,21-22,35-36H,4-5,11-14,17,20H2,1-3H3,(H2,34,39,40)/t21-,22+. The number of aromatic nitrogens is 1. The molecule has 0 aliphatic heterocycles. The van der Waals surface area contributed by atoms with E-state index in [-0.39, 0.29) is 28.9 Å². The average molecular weight is 606 g/mol. The smallest absolute Gasteiger partial charge is 0.406 e. The summed E-state index contributed by atoms with van der Waals surface area (Å²) in [5.41, 5.74) is 1.99. The number of halogens is 3. The number of ether oxygens (including phenoxy) is 1. The molecule has 42 heavy (non-hydrogen) atoms. The fourth-order valence-electron chi connectivity index (χ4n) is 5.68. The van der Waals surface area contributed by atoms with Crippen LogP contribution >= 0.6 is 0 Å². The maximum absolute atomic E-state index is 13.6. The maximum atomic E-state index is 13.6. The van der Waals surface area contributed by atoms with Crippen LogP contribution in [-0.2, 0) is 16.6 Å². The number of hydrogen-bond acceptors (Lipinski definition) is 6. The molecule has 1 aliphatic carbocycles. The van der Waals surface area contributed by atoms with Crippen LogP contribution in [0.25, 0.3) is 10.9 Å². The minimum absolute atomic E-state index is 0.0828. The molecular formula is C30H38F3N5O3S. The zero-order chi connectivity index (χ0) is 30.5. The van der Waals surface area contributed by atoms with Gasteiger partial charge in [0.2, 0.25) is 10.0 Å². The van der Waals surface area contributed by atoms with Gasteiger partial charge < -0.3 is 24.8 Å². The number of nitrogens with one attached hydrogen (secondary N) is 2. The van der Waals surface area contributed by atoms with Crippen LogP contribution < -0.4 is 20.5 Å². The summed E-state index contributed by atoms with van der Waals surface area (Å²) in [6.45, 7) is 5.35. The van der Waals surface area contributed by atoms with Crippen LogP contribution in [0.3, 0.4) is 0 Å². The first-order chi connectivity index (χ1) is 19.9. The van der Waals surface area contributed by atoms with Crippen LogP contribution in [0.5, 0.6) is 5.75 Å². The van der Waals surface area contributed by atoms with Crippen LogP contribution in [0.15, 0.2) is 47.4 Å². The summed E-state index contributed by atoms with van der Waals surface area (Å²) in [4.78, 5) is 2.39. The van der Waals surface area contributed by atoms with Gasteiger partial charge >= 0.3 is 6.18 Å². The van der Waals surface area contributed by atoms with Crippen molar-refractivity contribution in [1.82, 2.24) is 9.47 Å². The minimum atomic E-state index is -4.43. The number of sulfonamides is 1. The lowest BCUT2D eigenvalue weighted by atomic mass is 9.90. The van der Waals surface area contributed by atoms with Gasteiger partial charge in [-0.25, -0.2) is 13.6 Å². The van der Waals surface area contributed by atoms with Crippen molar-refractivity contribution in [3.05, 3.63) is 48.2 Å². The average Bonchev–Trinajstić information content (AvgIpc) is 3.28. The molecule has 12 heteroatoms. The molecule has 1 heterocycles. The Bertz CT molecular complexity index is 1550. The van der Waals surface area contributed by atoms with Gasteiger partial charge in [0.25, 0.3) is 0 Å². The molecule has 0 bridgehead atoms. The number of primary sulfonamides is 1. The van der Waals surface area contributed by atoms with E-state index in [1.165, 1.54) is 29.9 Å². The molecule has 8 nitrogen and oxygen atoms in total. The van der Waals surface area contributed by atoms with Gasteiger partial charge in [-0.1, -0.05) is 25.8 Å². The van der Waals surface area contributed by atoms with Gasteiger partial charge in [-0.2, -0.15) is 13.2 Å². The molecule has 0 saturated heterocycles. The number of rotatable bonds is 10. The summed E-state index contributed by atoms with van der Waals surface area (Å²) < 4.78 is 70.5. The lowest BCUT2D eigenvalue weighted by Gasteiger charge is -2.36. The van der Waals surface area contributed by atoms with E-state index in [4.69, 9.17) is 9.88 Å². The van der Waals surface area contributed by atoms with Crippen molar-refractivity contribution in [2.75, 3.05) is 37.4 Å². The van der Waals surface area contributed by atoms with Crippen LogP contribution in [0.1, 0.15) is 45.2 Å². The van der Waals surface area contributed by atoms with Crippen molar-refractivity contribution in [2.24, 2.45) is 5.14 Å². The molecular weight excluding hydrogens is 567 g/mol. The largest absolute Gasteiger partial charge is 0.495 e. The highest BCUT2D eigenvalue weighted by molar-refractivity contribution is 7.89. The number of methoxy groups -OCH3 is 1. The topological polar surface area (TPSA) is 102 Å². The Morgan fingerprint density at radius 3 is 2.40 bits per heavy atom. The molecule has 4 rings (SSSR count). The number of benzene rings is 2. The van der Waals surface area contributed by atoms with E-state index < -0.39 is 22.7 Å². The lowest BCUT2D eigenvalue weighted by molar-refractivity contribution is -0.140. The zero-order valence-electron chi connectivity index (χ0n) is 24.1. The SMILES string of the molecule is CCN(CC)[C@H]1CC[C@@H](Nc2cccc3c2cc(C#CCNc2ccc(S(N)(=O)=O)cc2OC)n3CC(F)(F)F)CC1. The Morgan fingerprint density at radius 1 is 1.07 bits per heavy atom. The fraction of sp³-hybridized carbons (Fsp3) is 0.467. The van der Waals surface area contributed by atoms with Crippen LogP contribution in [0.2, 0.25) is 0 Å². The second-order valence-corrected chi connectivity index (χ2v) is 12.0. The van der Waals surface area contributed by atoms with Crippen molar-refractivity contribution in [1.29, 1.82) is 0 Å². The molecule has 1 fully saturated rings. The quantitative estimate of drug-likeness (QED) is 0.268. The zero-order valence-corrected chi connectivity index (χ0v) is 24.9. The van der Waals surface area contributed by atoms with Gasteiger partial charge in [0, 0.05) is 29.2 Å². The van der Waals surface area contributed by atoms with E-state index in [9.17, 15) is 21.6 Å². The van der Waals surface area contributed by atoms with Crippen molar-refractivity contribution < 1.29 is 26.3 Å². The van der Waals surface area contributed by atoms with E-state index >= 15 is 0 Å². The Hall–Kier alpha value is -3.40. The van der Waals surface area contributed by atoms with Gasteiger partial charge in [-0.05, 0) is 75.0 Å². The fourth-order valence-corrected chi connectivity index (χ4v) is 6.21. The van der Waals surface area contributed by atoms with E-state index in [0.717, 1.165) is 44.5 Å². The first-order valence-corrected chi connectivity index (χ1v) is 15.6. The van der Waals surface area contributed by atoms with E-state index in [1.807, 2.05) is 6.07 Å². The van der Waals surface area contributed by atoms with Gasteiger partial charge in [0.05, 0.1) is 35.4 Å². The van der Waals surface area contributed by atoms with Crippen molar-refractivity contribution in [3.8, 4) is 17.6 Å². The van der Waals surface area contributed by atoms with Gasteiger partial charge in [0.15, 0.2) is 0 Å². The Labute approximate surface area is 245 Å². The number of fused-ring (bicyclic) bond motifs is 1. The molecule has 1 saturated carbocycles. The van der Waals surface area contributed by atoms with Crippen LogP contribution in [0, 0.1) is 11.8 Å². The van der Waals surface area contributed by atoms with Gasteiger partial charge in [-0.15, -0.1) is 0 Å².